The van der Waals surface area contributed by atoms with E-state index >= 15 is 0 Å². The van der Waals surface area contributed by atoms with Gasteiger partial charge in [0.1, 0.15) is 17.2 Å². The number of ether oxygens (including phenoxy) is 4. The van der Waals surface area contributed by atoms with E-state index in [4.69, 9.17) is 30.5 Å². The minimum absolute atomic E-state index is 0.210. The molecule has 0 heterocycles. The summed E-state index contributed by atoms with van der Waals surface area (Å²) in [6.07, 6.45) is 0. The highest BCUT2D eigenvalue weighted by Crippen LogP contribution is 2.27. The third-order valence-corrected chi connectivity index (χ3v) is 3.65. The monoisotopic (exact) mass is 379 g/mol. The fourth-order valence-corrected chi connectivity index (χ4v) is 2.34. The lowest BCUT2D eigenvalue weighted by atomic mass is 10.2. The van der Waals surface area contributed by atoms with Gasteiger partial charge in [-0.1, -0.05) is 11.6 Å². The van der Waals surface area contributed by atoms with Crippen molar-refractivity contribution in [2.45, 2.75) is 0 Å². The first kappa shape index (κ1) is 19.4. The highest BCUT2D eigenvalue weighted by molar-refractivity contribution is 6.32. The van der Waals surface area contributed by atoms with Gasteiger partial charge in [0.15, 0.2) is 6.61 Å². The second-order valence-corrected chi connectivity index (χ2v) is 5.48. The Balaban J connectivity index is 1.96. The van der Waals surface area contributed by atoms with Crippen LogP contribution in [0, 0.1) is 0 Å². The Hall–Kier alpha value is -2.93. The normalized spacial score (nSPS) is 10.0. The van der Waals surface area contributed by atoms with Gasteiger partial charge in [-0.15, -0.1) is 0 Å². The van der Waals surface area contributed by atoms with Gasteiger partial charge in [0.2, 0.25) is 0 Å². The van der Waals surface area contributed by atoms with Crippen molar-refractivity contribution in [3.8, 4) is 17.2 Å². The second kappa shape index (κ2) is 8.96. The SMILES string of the molecule is COc1cc(OC)cc(C(=O)OCC(=O)Nc2ccc(OC)c(Cl)c2)c1. The first-order valence-corrected chi connectivity index (χ1v) is 7.88. The summed E-state index contributed by atoms with van der Waals surface area (Å²) in [6, 6.07) is 9.38. The largest absolute Gasteiger partial charge is 0.497 e. The van der Waals surface area contributed by atoms with Crippen LogP contribution in [0.4, 0.5) is 5.69 Å². The van der Waals surface area contributed by atoms with E-state index in [1.165, 1.54) is 39.5 Å². The molecule has 0 aromatic heterocycles. The number of carbonyl (C=O) groups is 2. The summed E-state index contributed by atoms with van der Waals surface area (Å²) in [4.78, 5) is 24.1. The molecule has 1 N–H and O–H groups in total. The zero-order valence-electron chi connectivity index (χ0n) is 14.5. The van der Waals surface area contributed by atoms with Crippen LogP contribution in [0.25, 0.3) is 0 Å². The summed E-state index contributed by atoms with van der Waals surface area (Å²) in [5.41, 5.74) is 0.668. The third kappa shape index (κ3) is 5.03. The molecule has 0 aliphatic carbocycles. The third-order valence-electron chi connectivity index (χ3n) is 3.36. The Bertz CT molecular complexity index is 786. The van der Waals surface area contributed by atoms with E-state index in [-0.39, 0.29) is 5.56 Å². The number of anilines is 1. The lowest BCUT2D eigenvalue weighted by Crippen LogP contribution is -2.21. The van der Waals surface area contributed by atoms with Crippen LogP contribution in [0.3, 0.4) is 0 Å². The molecule has 7 nitrogen and oxygen atoms in total. The molecule has 1 amide bonds. The number of hydrogen-bond acceptors (Lipinski definition) is 6. The first-order valence-electron chi connectivity index (χ1n) is 7.50. The molecule has 0 bridgehead atoms. The van der Waals surface area contributed by atoms with Gasteiger partial charge in [-0.3, -0.25) is 4.79 Å². The van der Waals surface area contributed by atoms with Crippen molar-refractivity contribution in [1.29, 1.82) is 0 Å². The van der Waals surface area contributed by atoms with Gasteiger partial charge in [-0.2, -0.15) is 0 Å². The maximum atomic E-state index is 12.1. The van der Waals surface area contributed by atoms with Gasteiger partial charge < -0.3 is 24.3 Å². The average Bonchev–Trinajstić information content (AvgIpc) is 2.65. The van der Waals surface area contributed by atoms with Crippen LogP contribution in [0.1, 0.15) is 10.4 Å². The number of esters is 1. The number of carbonyl (C=O) groups excluding carboxylic acids is 2. The maximum absolute atomic E-state index is 12.1. The zero-order chi connectivity index (χ0) is 19.1. The summed E-state index contributed by atoms with van der Waals surface area (Å²) in [5, 5.41) is 2.93. The van der Waals surface area contributed by atoms with Crippen LogP contribution in [0.2, 0.25) is 5.02 Å². The fourth-order valence-electron chi connectivity index (χ4n) is 2.08. The summed E-state index contributed by atoms with van der Waals surface area (Å²) in [7, 11) is 4.43. The number of methoxy groups -OCH3 is 3. The van der Waals surface area contributed by atoms with Crippen LogP contribution >= 0.6 is 11.6 Å². The van der Waals surface area contributed by atoms with E-state index in [0.29, 0.717) is 28.0 Å². The van der Waals surface area contributed by atoms with Crippen molar-refractivity contribution in [1.82, 2.24) is 0 Å². The summed E-state index contributed by atoms with van der Waals surface area (Å²) in [6.45, 7) is -0.456. The molecule has 26 heavy (non-hydrogen) atoms. The average molecular weight is 380 g/mol. The van der Waals surface area contributed by atoms with Gasteiger partial charge in [-0.25, -0.2) is 4.79 Å². The van der Waals surface area contributed by atoms with Crippen molar-refractivity contribution < 1.29 is 28.5 Å². The number of nitrogens with one attached hydrogen (secondary N) is 1. The maximum Gasteiger partial charge on any atom is 0.338 e. The number of halogens is 1. The molecule has 0 radical (unpaired) electrons. The molecule has 0 spiro atoms. The molecule has 2 rings (SSSR count). The molecular formula is C18H18ClNO6. The quantitative estimate of drug-likeness (QED) is 0.744. The van der Waals surface area contributed by atoms with E-state index in [1.54, 1.807) is 18.2 Å². The molecule has 0 aliphatic heterocycles. The Labute approximate surface area is 155 Å². The smallest absolute Gasteiger partial charge is 0.338 e. The minimum atomic E-state index is -0.676. The lowest BCUT2D eigenvalue weighted by Gasteiger charge is -2.10. The minimum Gasteiger partial charge on any atom is -0.497 e. The van der Waals surface area contributed by atoms with Crippen LogP contribution in [-0.2, 0) is 9.53 Å². The lowest BCUT2D eigenvalue weighted by molar-refractivity contribution is -0.119. The van der Waals surface area contributed by atoms with Gasteiger partial charge in [-0.05, 0) is 30.3 Å². The van der Waals surface area contributed by atoms with Crippen LogP contribution in [0.15, 0.2) is 36.4 Å². The molecule has 0 fully saturated rings. The molecular weight excluding hydrogens is 362 g/mol. The van der Waals surface area contributed by atoms with Crippen LogP contribution in [-0.4, -0.2) is 39.8 Å². The molecule has 0 aliphatic rings. The van der Waals surface area contributed by atoms with Crippen molar-refractivity contribution in [3.05, 3.63) is 47.0 Å². The Morgan fingerprint density at radius 3 is 2.15 bits per heavy atom. The van der Waals surface area contributed by atoms with Crippen molar-refractivity contribution in [3.63, 3.8) is 0 Å². The molecule has 0 unspecified atom stereocenters. The Morgan fingerprint density at radius 1 is 0.962 bits per heavy atom. The van der Waals surface area contributed by atoms with E-state index in [9.17, 15) is 9.59 Å². The summed E-state index contributed by atoms with van der Waals surface area (Å²) < 4.78 is 20.2. The van der Waals surface area contributed by atoms with Gasteiger partial charge >= 0.3 is 5.97 Å². The van der Waals surface area contributed by atoms with Gasteiger partial charge in [0.05, 0.1) is 31.9 Å². The number of amides is 1. The Kier molecular flexibility index (Phi) is 6.68. The van der Waals surface area contributed by atoms with Crippen LogP contribution < -0.4 is 19.5 Å². The van der Waals surface area contributed by atoms with E-state index < -0.39 is 18.5 Å². The Morgan fingerprint density at radius 2 is 1.62 bits per heavy atom. The van der Waals surface area contributed by atoms with E-state index in [0.717, 1.165) is 0 Å². The van der Waals surface area contributed by atoms with E-state index in [1.807, 2.05) is 0 Å². The van der Waals surface area contributed by atoms with Crippen molar-refractivity contribution >= 4 is 29.2 Å². The molecule has 8 heteroatoms. The molecule has 0 saturated heterocycles. The van der Waals surface area contributed by atoms with Crippen molar-refractivity contribution in [2.75, 3.05) is 33.3 Å². The predicted octanol–water partition coefficient (Wildman–Crippen LogP) is 3.16. The van der Waals surface area contributed by atoms with E-state index in [2.05, 4.69) is 5.32 Å². The van der Waals surface area contributed by atoms with Gasteiger partial charge in [0, 0.05) is 11.8 Å². The summed E-state index contributed by atoms with van der Waals surface area (Å²) in [5.74, 6) is 0.185. The highest BCUT2D eigenvalue weighted by atomic mass is 35.5. The number of hydrogen-bond donors (Lipinski definition) is 1. The topological polar surface area (TPSA) is 83.1 Å². The van der Waals surface area contributed by atoms with Crippen LogP contribution in [0.5, 0.6) is 17.2 Å². The fraction of sp³-hybridized carbons (Fsp3) is 0.222. The highest BCUT2D eigenvalue weighted by Gasteiger charge is 2.14. The molecule has 138 valence electrons. The first-order chi connectivity index (χ1) is 12.5. The molecule has 0 atom stereocenters. The molecule has 0 saturated carbocycles. The summed E-state index contributed by atoms with van der Waals surface area (Å²) >= 11 is 5.99. The second-order valence-electron chi connectivity index (χ2n) is 5.07. The number of benzene rings is 2. The molecule has 2 aromatic rings. The molecule has 2 aromatic carbocycles. The standard InChI is InChI=1S/C18H18ClNO6/c1-23-13-6-11(7-14(9-13)24-2)18(22)26-10-17(21)20-12-4-5-16(25-3)15(19)8-12/h4-9H,10H2,1-3H3,(H,20,21). The van der Waals surface area contributed by atoms with Gasteiger partial charge in [0.25, 0.3) is 5.91 Å². The number of rotatable bonds is 7. The van der Waals surface area contributed by atoms with Crippen molar-refractivity contribution in [2.24, 2.45) is 0 Å². The predicted molar refractivity (Wildman–Crippen MR) is 96.5 cm³/mol. The zero-order valence-corrected chi connectivity index (χ0v) is 15.3.